The van der Waals surface area contributed by atoms with E-state index in [1.54, 1.807) is 0 Å². The Bertz CT molecular complexity index is 3440. The zero-order valence-corrected chi connectivity index (χ0v) is 35.8. The molecular weight excluding hydrogens is 796 g/mol. The molecule has 0 bridgehead atoms. The van der Waals surface area contributed by atoms with Crippen LogP contribution < -0.4 is 20.8 Å². The third kappa shape index (κ3) is 6.24. The van der Waals surface area contributed by atoms with Crippen molar-refractivity contribution in [2.45, 2.75) is 0 Å². The molecule has 0 saturated heterocycles. The second kappa shape index (κ2) is 15.4. The standard InChI is InChI=1S/C60H41N2OP/c63-64(52-18-8-3-9-19-52)59-23-13-11-21-54(59)56-40-58-55(41-60(56)64)53-20-10-12-22-57(53)62(58)51-38-30-47(31-39-51)46-28-36-50(37-29-46)61(48-32-24-44(25-33-48)42-14-4-1-5-15-42)49-34-26-45(27-35-49)43-16-6-2-7-17-43/h1-41H. The molecule has 1 atom stereocenters. The number of hydrogen-bond donors (Lipinski definition) is 0. The fourth-order valence-corrected chi connectivity index (χ4v) is 12.8. The van der Waals surface area contributed by atoms with Gasteiger partial charge in [-0.25, -0.2) is 0 Å². The summed E-state index contributed by atoms with van der Waals surface area (Å²) in [5.74, 6) is 0. The lowest BCUT2D eigenvalue weighted by molar-refractivity contribution is 0.593. The van der Waals surface area contributed by atoms with Crippen LogP contribution >= 0.6 is 7.14 Å². The SMILES string of the molecule is O=P1(c2ccccc2)c2ccccc2-c2cc3c(cc21)c1ccccc1n3-c1ccc(-c2ccc(N(c3ccc(-c4ccccc4)cc3)c3ccc(-c4ccccc4)cc3)cc2)cc1. The number of aromatic nitrogens is 1. The quantitative estimate of drug-likeness (QED) is 0.142. The molecule has 0 amide bonds. The molecule has 3 nitrogen and oxygen atoms in total. The average Bonchev–Trinajstić information content (AvgIpc) is 3.83. The number of benzene rings is 10. The Morgan fingerprint density at radius 1 is 0.328 bits per heavy atom. The Hall–Kier alpha value is -7.97. The van der Waals surface area contributed by atoms with Crippen LogP contribution in [0.2, 0.25) is 0 Å². The van der Waals surface area contributed by atoms with Gasteiger partial charge in [0.1, 0.15) is 0 Å². The molecule has 1 unspecified atom stereocenters. The van der Waals surface area contributed by atoms with Gasteiger partial charge in [-0.3, -0.25) is 0 Å². The maximum atomic E-state index is 15.4. The molecular formula is C60H41N2OP. The van der Waals surface area contributed by atoms with Crippen LogP contribution in [0.25, 0.3) is 72.0 Å². The van der Waals surface area contributed by atoms with Crippen molar-refractivity contribution >= 4 is 61.9 Å². The molecule has 1 aromatic heterocycles. The van der Waals surface area contributed by atoms with Gasteiger partial charge in [0.2, 0.25) is 0 Å². The number of nitrogens with zero attached hydrogens (tertiary/aromatic N) is 2. The zero-order valence-electron chi connectivity index (χ0n) is 34.9. The summed E-state index contributed by atoms with van der Waals surface area (Å²) in [5.41, 5.74) is 15.7. The Labute approximate surface area is 373 Å². The van der Waals surface area contributed by atoms with Crippen LogP contribution in [-0.2, 0) is 4.57 Å². The number of fused-ring (bicyclic) bond motifs is 6. The lowest BCUT2D eigenvalue weighted by atomic mass is 10.0. The fourth-order valence-electron chi connectivity index (χ4n) is 9.70. The lowest BCUT2D eigenvalue weighted by Crippen LogP contribution is -2.20. The van der Waals surface area contributed by atoms with Crippen molar-refractivity contribution in [3.8, 4) is 50.2 Å². The molecule has 10 aromatic carbocycles. The minimum atomic E-state index is -3.07. The highest BCUT2D eigenvalue weighted by Crippen LogP contribution is 2.53. The van der Waals surface area contributed by atoms with Gasteiger partial charge in [-0.15, -0.1) is 0 Å². The number of hydrogen-bond acceptors (Lipinski definition) is 2. The molecule has 0 aliphatic carbocycles. The normalized spacial score (nSPS) is 14.1. The Morgan fingerprint density at radius 2 is 0.766 bits per heavy atom. The van der Waals surface area contributed by atoms with Gasteiger partial charge < -0.3 is 14.0 Å². The Kier molecular flexibility index (Phi) is 9.11. The van der Waals surface area contributed by atoms with E-state index < -0.39 is 7.14 Å². The molecule has 64 heavy (non-hydrogen) atoms. The van der Waals surface area contributed by atoms with E-state index in [2.05, 4.69) is 222 Å². The molecule has 302 valence electrons. The van der Waals surface area contributed by atoms with Gasteiger partial charge in [0.05, 0.1) is 11.0 Å². The van der Waals surface area contributed by atoms with E-state index >= 15 is 4.57 Å². The monoisotopic (exact) mass is 836 g/mol. The van der Waals surface area contributed by atoms with Gasteiger partial charge in [-0.05, 0) is 111 Å². The van der Waals surface area contributed by atoms with Crippen molar-refractivity contribution in [1.29, 1.82) is 0 Å². The van der Waals surface area contributed by atoms with Crippen LogP contribution in [0, 0.1) is 0 Å². The van der Waals surface area contributed by atoms with E-state index in [1.807, 2.05) is 36.4 Å². The highest BCUT2D eigenvalue weighted by Gasteiger charge is 2.40. The van der Waals surface area contributed by atoms with Gasteiger partial charge >= 0.3 is 0 Å². The predicted molar refractivity (Wildman–Crippen MR) is 270 cm³/mol. The molecule has 0 spiro atoms. The van der Waals surface area contributed by atoms with E-state index in [0.29, 0.717) is 0 Å². The predicted octanol–water partition coefficient (Wildman–Crippen LogP) is 14.9. The van der Waals surface area contributed by atoms with E-state index in [-0.39, 0.29) is 0 Å². The first-order valence-electron chi connectivity index (χ1n) is 21.8. The average molecular weight is 837 g/mol. The molecule has 12 rings (SSSR count). The highest BCUT2D eigenvalue weighted by atomic mass is 31.2. The van der Waals surface area contributed by atoms with Crippen molar-refractivity contribution in [1.82, 2.24) is 4.57 Å². The van der Waals surface area contributed by atoms with E-state index in [0.717, 1.165) is 82.7 Å². The zero-order chi connectivity index (χ0) is 42.6. The summed E-state index contributed by atoms with van der Waals surface area (Å²) in [4.78, 5) is 2.33. The van der Waals surface area contributed by atoms with Gasteiger partial charge in [0.15, 0.2) is 7.14 Å². The first kappa shape index (κ1) is 37.8. The molecule has 1 aliphatic heterocycles. The summed E-state index contributed by atoms with van der Waals surface area (Å²) >= 11 is 0. The Balaban J connectivity index is 0.906. The summed E-state index contributed by atoms with van der Waals surface area (Å²) in [7, 11) is -3.07. The van der Waals surface area contributed by atoms with Gasteiger partial charge in [0, 0.05) is 49.4 Å². The highest BCUT2D eigenvalue weighted by molar-refractivity contribution is 7.86. The van der Waals surface area contributed by atoms with Crippen LogP contribution in [-0.4, -0.2) is 4.57 Å². The van der Waals surface area contributed by atoms with Crippen LogP contribution in [0.5, 0.6) is 0 Å². The van der Waals surface area contributed by atoms with Crippen molar-refractivity contribution in [3.05, 3.63) is 249 Å². The molecule has 0 fully saturated rings. The fraction of sp³-hybridized carbons (Fsp3) is 0. The first-order chi connectivity index (χ1) is 31.6. The molecule has 11 aromatic rings. The van der Waals surface area contributed by atoms with Crippen LogP contribution in [0.1, 0.15) is 0 Å². The summed E-state index contributed by atoms with van der Waals surface area (Å²) in [6.45, 7) is 0. The largest absolute Gasteiger partial charge is 0.311 e. The van der Waals surface area contributed by atoms with Gasteiger partial charge in [0.25, 0.3) is 0 Å². The molecule has 4 heteroatoms. The molecule has 0 N–H and O–H groups in total. The third-order valence-electron chi connectivity index (χ3n) is 12.8. The molecule has 0 saturated carbocycles. The van der Waals surface area contributed by atoms with Crippen LogP contribution in [0.3, 0.4) is 0 Å². The second-order valence-corrected chi connectivity index (χ2v) is 19.2. The number of anilines is 3. The second-order valence-electron chi connectivity index (χ2n) is 16.5. The third-order valence-corrected chi connectivity index (χ3v) is 16.0. The summed E-state index contributed by atoms with van der Waals surface area (Å²) in [6, 6.07) is 87.8. The summed E-state index contributed by atoms with van der Waals surface area (Å²) < 4.78 is 17.8. The van der Waals surface area contributed by atoms with Gasteiger partial charge in [-0.2, -0.15) is 0 Å². The van der Waals surface area contributed by atoms with Crippen LogP contribution in [0.4, 0.5) is 17.1 Å². The summed E-state index contributed by atoms with van der Waals surface area (Å²) in [6.07, 6.45) is 0. The van der Waals surface area contributed by atoms with Crippen molar-refractivity contribution in [2.75, 3.05) is 4.90 Å². The minimum absolute atomic E-state index is 0.871. The minimum Gasteiger partial charge on any atom is -0.311 e. The lowest BCUT2D eigenvalue weighted by Gasteiger charge is -2.26. The van der Waals surface area contributed by atoms with E-state index in [9.17, 15) is 0 Å². The molecule has 1 aliphatic rings. The van der Waals surface area contributed by atoms with E-state index in [1.165, 1.54) is 22.3 Å². The maximum Gasteiger partial charge on any atom is 0.172 e. The maximum absolute atomic E-state index is 15.4. The number of rotatable bonds is 8. The smallest absolute Gasteiger partial charge is 0.172 e. The molecule has 2 heterocycles. The first-order valence-corrected chi connectivity index (χ1v) is 23.5. The van der Waals surface area contributed by atoms with Crippen molar-refractivity contribution in [2.24, 2.45) is 0 Å². The topological polar surface area (TPSA) is 25.2 Å². The molecule has 0 radical (unpaired) electrons. The number of para-hydroxylation sites is 1. The van der Waals surface area contributed by atoms with Crippen molar-refractivity contribution < 1.29 is 4.57 Å². The van der Waals surface area contributed by atoms with Gasteiger partial charge in [-0.1, -0.05) is 182 Å². The van der Waals surface area contributed by atoms with Crippen LogP contribution in [0.15, 0.2) is 249 Å². The summed E-state index contributed by atoms with van der Waals surface area (Å²) in [5, 5.41) is 4.95. The Morgan fingerprint density at radius 3 is 1.31 bits per heavy atom. The van der Waals surface area contributed by atoms with Crippen molar-refractivity contribution in [3.63, 3.8) is 0 Å². The van der Waals surface area contributed by atoms with E-state index in [4.69, 9.17) is 0 Å².